The number of hydrogen-bond donors (Lipinski definition) is 2. The monoisotopic (exact) mass is 233 g/mol. The van der Waals surface area contributed by atoms with E-state index in [9.17, 15) is 8.42 Å². The Labute approximate surface area is 87.1 Å². The number of H-pyrrole nitrogens is 1. The van der Waals surface area contributed by atoms with Gasteiger partial charge < -0.3 is 4.98 Å². The van der Waals surface area contributed by atoms with Crippen molar-refractivity contribution in [2.45, 2.75) is 5.03 Å². The van der Waals surface area contributed by atoms with Crippen LogP contribution < -0.4 is 0 Å². The molecule has 0 bridgehead atoms. The van der Waals surface area contributed by atoms with Gasteiger partial charge in [0.25, 0.3) is 0 Å². The van der Waals surface area contributed by atoms with E-state index in [1.165, 1.54) is 6.07 Å². The van der Waals surface area contributed by atoms with Gasteiger partial charge in [-0.2, -0.15) is 8.42 Å². The average Bonchev–Trinajstić information content (AvgIpc) is 2.45. The maximum absolute atomic E-state index is 10.7. The molecule has 0 saturated carbocycles. The second-order valence-electron chi connectivity index (χ2n) is 2.70. The fourth-order valence-electron chi connectivity index (χ4n) is 1.19. The SMILES string of the molecule is Cl.O=S(=O)(O)c1cc2ccccc2[nH]1. The maximum Gasteiger partial charge on any atom is 0.310 e. The minimum Gasteiger partial charge on any atom is -0.344 e. The molecule has 2 rings (SSSR count). The van der Waals surface area contributed by atoms with Crippen LogP contribution in [-0.4, -0.2) is 18.0 Å². The zero-order valence-corrected chi connectivity index (χ0v) is 8.60. The largest absolute Gasteiger partial charge is 0.344 e. The van der Waals surface area contributed by atoms with Gasteiger partial charge in [-0.15, -0.1) is 12.4 Å². The van der Waals surface area contributed by atoms with Crippen molar-refractivity contribution in [2.24, 2.45) is 0 Å². The van der Waals surface area contributed by atoms with Crippen LogP contribution in [0.2, 0.25) is 0 Å². The Morgan fingerprint density at radius 3 is 2.43 bits per heavy atom. The predicted molar refractivity (Wildman–Crippen MR) is 55.4 cm³/mol. The van der Waals surface area contributed by atoms with Crippen molar-refractivity contribution in [3.8, 4) is 0 Å². The highest BCUT2D eigenvalue weighted by atomic mass is 35.5. The molecule has 0 spiro atoms. The number of halogens is 1. The van der Waals surface area contributed by atoms with E-state index in [0.717, 1.165) is 5.39 Å². The van der Waals surface area contributed by atoms with Crippen LogP contribution in [0.15, 0.2) is 35.4 Å². The molecule has 0 unspecified atom stereocenters. The molecule has 4 nitrogen and oxygen atoms in total. The van der Waals surface area contributed by atoms with Gasteiger partial charge >= 0.3 is 10.1 Å². The van der Waals surface area contributed by atoms with Crippen LogP contribution >= 0.6 is 12.4 Å². The second kappa shape index (κ2) is 3.61. The number of para-hydroxylation sites is 1. The maximum atomic E-state index is 10.7. The summed E-state index contributed by atoms with van der Waals surface area (Å²) < 4.78 is 30.2. The molecule has 0 aliphatic rings. The Morgan fingerprint density at radius 2 is 1.86 bits per heavy atom. The number of fused-ring (bicyclic) bond motifs is 1. The van der Waals surface area contributed by atoms with E-state index in [0.29, 0.717) is 5.52 Å². The van der Waals surface area contributed by atoms with E-state index in [1.807, 2.05) is 0 Å². The minimum atomic E-state index is -4.12. The summed E-state index contributed by atoms with van der Waals surface area (Å²) >= 11 is 0. The molecule has 2 aromatic rings. The van der Waals surface area contributed by atoms with Crippen molar-refractivity contribution in [1.29, 1.82) is 0 Å². The molecular weight excluding hydrogens is 226 g/mol. The molecule has 14 heavy (non-hydrogen) atoms. The lowest BCUT2D eigenvalue weighted by Crippen LogP contribution is -1.97. The Morgan fingerprint density at radius 1 is 1.21 bits per heavy atom. The zero-order valence-electron chi connectivity index (χ0n) is 6.97. The van der Waals surface area contributed by atoms with Gasteiger partial charge in [-0.1, -0.05) is 18.2 Å². The van der Waals surface area contributed by atoms with Gasteiger partial charge in [0.2, 0.25) is 0 Å². The van der Waals surface area contributed by atoms with Gasteiger partial charge in [0, 0.05) is 10.9 Å². The second-order valence-corrected chi connectivity index (χ2v) is 4.09. The molecule has 76 valence electrons. The number of benzene rings is 1. The fraction of sp³-hybridized carbons (Fsp3) is 0. The van der Waals surface area contributed by atoms with Crippen molar-refractivity contribution >= 4 is 33.4 Å². The quantitative estimate of drug-likeness (QED) is 0.739. The summed E-state index contributed by atoms with van der Waals surface area (Å²) in [5.74, 6) is 0. The third kappa shape index (κ3) is 1.89. The van der Waals surface area contributed by atoms with Crippen LogP contribution in [0.25, 0.3) is 10.9 Å². The summed E-state index contributed by atoms with van der Waals surface area (Å²) in [6.07, 6.45) is 0. The van der Waals surface area contributed by atoms with Crippen molar-refractivity contribution in [3.63, 3.8) is 0 Å². The molecule has 0 radical (unpaired) electrons. The number of aromatic nitrogens is 1. The zero-order chi connectivity index (χ0) is 9.47. The normalized spacial score (nSPS) is 11.2. The van der Waals surface area contributed by atoms with Gasteiger partial charge in [0.05, 0.1) is 0 Å². The smallest absolute Gasteiger partial charge is 0.310 e. The first kappa shape index (κ1) is 11.0. The topological polar surface area (TPSA) is 70.2 Å². The Bertz CT molecular complexity index is 513. The van der Waals surface area contributed by atoms with Gasteiger partial charge in [0.15, 0.2) is 5.03 Å². The summed E-state index contributed by atoms with van der Waals surface area (Å²) in [7, 11) is -4.12. The highest BCUT2D eigenvalue weighted by Crippen LogP contribution is 2.17. The van der Waals surface area contributed by atoms with Crippen molar-refractivity contribution in [2.75, 3.05) is 0 Å². The van der Waals surface area contributed by atoms with Crippen LogP contribution in [0.4, 0.5) is 0 Å². The number of hydrogen-bond acceptors (Lipinski definition) is 2. The first-order chi connectivity index (χ1) is 6.07. The molecule has 1 aromatic carbocycles. The lowest BCUT2D eigenvalue weighted by Gasteiger charge is -1.87. The first-order valence-electron chi connectivity index (χ1n) is 3.62. The molecule has 1 heterocycles. The van der Waals surface area contributed by atoms with Gasteiger partial charge in [-0.25, -0.2) is 0 Å². The molecule has 0 aliphatic heterocycles. The van der Waals surface area contributed by atoms with Crippen LogP contribution in [-0.2, 0) is 10.1 Å². The molecular formula is C8H8ClNO3S. The van der Waals surface area contributed by atoms with Crippen molar-refractivity contribution in [3.05, 3.63) is 30.3 Å². The highest BCUT2D eigenvalue weighted by molar-refractivity contribution is 7.85. The molecule has 0 amide bonds. The standard InChI is InChI=1S/C8H7NO3S.ClH/c10-13(11,12)8-5-6-3-1-2-4-7(6)9-8;/h1-5,9H,(H,10,11,12);1H. The Hall–Kier alpha value is -1.04. The third-order valence-electron chi connectivity index (χ3n) is 1.78. The molecule has 1 aromatic heterocycles. The highest BCUT2D eigenvalue weighted by Gasteiger charge is 2.11. The number of nitrogens with one attached hydrogen (secondary N) is 1. The van der Waals surface area contributed by atoms with Crippen LogP contribution in [0.3, 0.4) is 0 Å². The Balaban J connectivity index is 0.000000980. The molecule has 0 atom stereocenters. The summed E-state index contributed by atoms with van der Waals surface area (Å²) in [4.78, 5) is 2.60. The average molecular weight is 234 g/mol. The molecule has 2 N–H and O–H groups in total. The lowest BCUT2D eigenvalue weighted by molar-refractivity contribution is 0.480. The molecule has 0 saturated heterocycles. The fourth-order valence-corrected chi connectivity index (χ4v) is 1.70. The predicted octanol–water partition coefficient (Wildman–Crippen LogP) is 1.84. The number of aromatic amines is 1. The summed E-state index contributed by atoms with van der Waals surface area (Å²) in [5.41, 5.74) is 0.690. The molecule has 0 fully saturated rings. The van der Waals surface area contributed by atoms with Gasteiger partial charge in [-0.3, -0.25) is 4.55 Å². The lowest BCUT2D eigenvalue weighted by atomic mass is 10.3. The van der Waals surface area contributed by atoms with Crippen LogP contribution in [0.1, 0.15) is 0 Å². The first-order valence-corrected chi connectivity index (χ1v) is 5.06. The summed E-state index contributed by atoms with van der Waals surface area (Å²) in [5, 5.41) is 0.587. The van der Waals surface area contributed by atoms with E-state index in [2.05, 4.69) is 4.98 Å². The Kier molecular flexibility index (Phi) is 2.84. The molecule has 6 heteroatoms. The van der Waals surface area contributed by atoms with Crippen molar-refractivity contribution < 1.29 is 13.0 Å². The van der Waals surface area contributed by atoms with E-state index in [4.69, 9.17) is 4.55 Å². The van der Waals surface area contributed by atoms with E-state index in [1.54, 1.807) is 24.3 Å². The van der Waals surface area contributed by atoms with E-state index >= 15 is 0 Å². The minimum absolute atomic E-state index is 0. The molecule has 0 aliphatic carbocycles. The van der Waals surface area contributed by atoms with Crippen molar-refractivity contribution in [1.82, 2.24) is 4.98 Å². The third-order valence-corrected chi connectivity index (χ3v) is 2.56. The summed E-state index contributed by atoms with van der Waals surface area (Å²) in [6.45, 7) is 0. The van der Waals surface area contributed by atoms with Crippen LogP contribution in [0.5, 0.6) is 0 Å². The summed E-state index contributed by atoms with van der Waals surface area (Å²) in [6, 6.07) is 8.48. The van der Waals surface area contributed by atoms with Crippen LogP contribution in [0, 0.1) is 0 Å². The van der Waals surface area contributed by atoms with E-state index < -0.39 is 10.1 Å². The number of rotatable bonds is 1. The van der Waals surface area contributed by atoms with Gasteiger partial charge in [-0.05, 0) is 12.1 Å². The van der Waals surface area contributed by atoms with E-state index in [-0.39, 0.29) is 17.4 Å². The van der Waals surface area contributed by atoms with Gasteiger partial charge in [0.1, 0.15) is 0 Å².